The predicted molar refractivity (Wildman–Crippen MR) is 122 cm³/mol. The van der Waals surface area contributed by atoms with Crippen molar-refractivity contribution in [3.8, 4) is 16.9 Å². The average Bonchev–Trinajstić information content (AvgIpc) is 2.73. The van der Waals surface area contributed by atoms with Gasteiger partial charge in [0, 0.05) is 17.0 Å². The molecule has 0 aliphatic carbocycles. The van der Waals surface area contributed by atoms with Gasteiger partial charge in [-0.3, -0.25) is 0 Å². The van der Waals surface area contributed by atoms with Crippen LogP contribution in [0.4, 0.5) is 0 Å². The van der Waals surface area contributed by atoms with Crippen LogP contribution in [0.15, 0.2) is 82.0 Å². The lowest BCUT2D eigenvalue weighted by Gasteiger charge is -2.19. The van der Waals surface area contributed by atoms with Crippen LogP contribution in [0.1, 0.15) is 37.5 Å². The van der Waals surface area contributed by atoms with Gasteiger partial charge in [-0.25, -0.2) is 4.79 Å². The smallest absolute Gasteiger partial charge is 0.336 e. The molecule has 0 spiro atoms. The summed E-state index contributed by atoms with van der Waals surface area (Å²) in [6, 6.07) is 23.8. The molecule has 4 rings (SSSR count). The van der Waals surface area contributed by atoms with Gasteiger partial charge in [0.1, 0.15) is 17.9 Å². The van der Waals surface area contributed by atoms with Crippen LogP contribution in [0.3, 0.4) is 0 Å². The fourth-order valence-corrected chi connectivity index (χ4v) is 3.62. The number of hydrogen-bond donors (Lipinski definition) is 0. The third kappa shape index (κ3) is 4.02. The number of aryl methyl sites for hydroxylation is 1. The van der Waals surface area contributed by atoms with Crippen LogP contribution in [-0.4, -0.2) is 0 Å². The number of hydrogen-bond acceptors (Lipinski definition) is 3. The minimum Gasteiger partial charge on any atom is -0.488 e. The maximum atomic E-state index is 12.2. The second-order valence-electron chi connectivity index (χ2n) is 8.65. The van der Waals surface area contributed by atoms with E-state index in [0.717, 1.165) is 33.4 Å². The third-order valence-corrected chi connectivity index (χ3v) is 5.41. The zero-order chi connectivity index (χ0) is 21.3. The van der Waals surface area contributed by atoms with E-state index in [0.29, 0.717) is 12.2 Å². The van der Waals surface area contributed by atoms with Gasteiger partial charge in [0.15, 0.2) is 0 Å². The van der Waals surface area contributed by atoms with Gasteiger partial charge in [-0.1, -0.05) is 75.4 Å². The Hall–Kier alpha value is -3.33. The Kier molecular flexibility index (Phi) is 5.21. The van der Waals surface area contributed by atoms with Crippen molar-refractivity contribution in [2.45, 2.75) is 39.7 Å². The van der Waals surface area contributed by atoms with E-state index in [-0.39, 0.29) is 11.0 Å². The summed E-state index contributed by atoms with van der Waals surface area (Å²) in [6.45, 7) is 8.99. The largest absolute Gasteiger partial charge is 0.488 e. The molecule has 3 heteroatoms. The van der Waals surface area contributed by atoms with Crippen molar-refractivity contribution in [2.24, 2.45) is 0 Å². The minimum absolute atomic E-state index is 0.127. The second kappa shape index (κ2) is 7.83. The van der Waals surface area contributed by atoms with Gasteiger partial charge < -0.3 is 9.15 Å². The Bertz CT molecular complexity index is 1230. The van der Waals surface area contributed by atoms with E-state index in [1.54, 1.807) is 6.07 Å². The fourth-order valence-electron chi connectivity index (χ4n) is 3.62. The summed E-state index contributed by atoms with van der Waals surface area (Å²) in [5.41, 5.74) is 5.42. The lowest BCUT2D eigenvalue weighted by atomic mass is 9.87. The van der Waals surface area contributed by atoms with Crippen molar-refractivity contribution >= 4 is 11.0 Å². The van der Waals surface area contributed by atoms with Crippen LogP contribution in [0.2, 0.25) is 0 Å². The third-order valence-electron chi connectivity index (χ3n) is 5.41. The lowest BCUT2D eigenvalue weighted by molar-refractivity contribution is 0.304. The molecule has 0 aliphatic rings. The molecule has 0 saturated carbocycles. The molecule has 152 valence electrons. The standard InChI is InChI=1S/C27H26O3/c1-18-24(29-17-19-10-12-21(13-11-19)27(2,3)4)15-14-22-23(16-25(28)30-26(18)22)20-8-6-5-7-9-20/h5-16H,17H2,1-4H3. The van der Waals surface area contributed by atoms with Crippen molar-refractivity contribution in [1.29, 1.82) is 0 Å². The van der Waals surface area contributed by atoms with Crippen LogP contribution >= 0.6 is 0 Å². The molecular formula is C27H26O3. The predicted octanol–water partition coefficient (Wildman–Crippen LogP) is 6.64. The van der Waals surface area contributed by atoms with Crippen LogP contribution in [0, 0.1) is 6.92 Å². The molecule has 4 aromatic rings. The Morgan fingerprint density at radius 3 is 2.27 bits per heavy atom. The number of ether oxygens (including phenoxy) is 1. The lowest BCUT2D eigenvalue weighted by Crippen LogP contribution is -2.10. The van der Waals surface area contributed by atoms with Crippen LogP contribution in [0.5, 0.6) is 5.75 Å². The highest BCUT2D eigenvalue weighted by molar-refractivity contribution is 5.95. The maximum absolute atomic E-state index is 12.2. The number of fused-ring (bicyclic) bond motifs is 1. The first kappa shape index (κ1) is 20.0. The number of rotatable bonds is 4. The summed E-state index contributed by atoms with van der Waals surface area (Å²) < 4.78 is 11.6. The number of benzene rings is 3. The van der Waals surface area contributed by atoms with Crippen LogP contribution < -0.4 is 10.4 Å². The van der Waals surface area contributed by atoms with Gasteiger partial charge in [-0.15, -0.1) is 0 Å². The Balaban J connectivity index is 1.65. The summed E-state index contributed by atoms with van der Waals surface area (Å²) >= 11 is 0. The molecule has 0 amide bonds. The molecule has 30 heavy (non-hydrogen) atoms. The van der Waals surface area contributed by atoms with E-state index in [4.69, 9.17) is 9.15 Å². The zero-order valence-corrected chi connectivity index (χ0v) is 17.9. The maximum Gasteiger partial charge on any atom is 0.336 e. The molecule has 3 nitrogen and oxygen atoms in total. The van der Waals surface area contributed by atoms with Gasteiger partial charge in [-0.2, -0.15) is 0 Å². The first-order valence-electron chi connectivity index (χ1n) is 10.2. The molecule has 0 saturated heterocycles. The highest BCUT2D eigenvalue weighted by Gasteiger charge is 2.15. The van der Waals surface area contributed by atoms with Crippen molar-refractivity contribution < 1.29 is 9.15 Å². The quantitative estimate of drug-likeness (QED) is 0.362. The first-order valence-corrected chi connectivity index (χ1v) is 10.2. The van der Waals surface area contributed by atoms with Gasteiger partial charge >= 0.3 is 5.63 Å². The molecule has 0 radical (unpaired) electrons. The Morgan fingerprint density at radius 2 is 1.60 bits per heavy atom. The van der Waals surface area contributed by atoms with Gasteiger partial charge in [0.25, 0.3) is 0 Å². The summed E-state index contributed by atoms with van der Waals surface area (Å²) in [5.74, 6) is 0.718. The van der Waals surface area contributed by atoms with Gasteiger partial charge in [-0.05, 0) is 46.7 Å². The van der Waals surface area contributed by atoms with Crippen molar-refractivity contribution in [3.63, 3.8) is 0 Å². The summed E-state index contributed by atoms with van der Waals surface area (Å²) in [5, 5.41) is 0.903. The van der Waals surface area contributed by atoms with E-state index >= 15 is 0 Å². The van der Waals surface area contributed by atoms with Crippen molar-refractivity contribution in [3.05, 3.63) is 99.9 Å². The second-order valence-corrected chi connectivity index (χ2v) is 8.65. The van der Waals surface area contributed by atoms with E-state index in [9.17, 15) is 4.79 Å². The summed E-state index contributed by atoms with van der Waals surface area (Å²) in [7, 11) is 0. The molecular weight excluding hydrogens is 372 g/mol. The monoisotopic (exact) mass is 398 g/mol. The van der Waals surface area contributed by atoms with E-state index < -0.39 is 0 Å². The highest BCUT2D eigenvalue weighted by Crippen LogP contribution is 2.33. The first-order chi connectivity index (χ1) is 14.3. The topological polar surface area (TPSA) is 39.4 Å². The molecule has 0 N–H and O–H groups in total. The summed E-state index contributed by atoms with van der Waals surface area (Å²) in [6.07, 6.45) is 0. The Labute approximate surface area is 176 Å². The van der Waals surface area contributed by atoms with E-state index in [2.05, 4.69) is 45.0 Å². The minimum atomic E-state index is -0.362. The van der Waals surface area contributed by atoms with E-state index in [1.165, 1.54) is 5.56 Å². The molecule has 0 aliphatic heterocycles. The van der Waals surface area contributed by atoms with Crippen molar-refractivity contribution in [1.82, 2.24) is 0 Å². The molecule has 0 bridgehead atoms. The normalized spacial score (nSPS) is 11.6. The summed E-state index contributed by atoms with van der Waals surface area (Å²) in [4.78, 5) is 12.2. The van der Waals surface area contributed by atoms with Crippen LogP contribution in [-0.2, 0) is 12.0 Å². The molecule has 0 atom stereocenters. The van der Waals surface area contributed by atoms with Gasteiger partial charge in [0.2, 0.25) is 0 Å². The highest BCUT2D eigenvalue weighted by atomic mass is 16.5. The average molecular weight is 399 g/mol. The van der Waals surface area contributed by atoms with Gasteiger partial charge in [0.05, 0.1) is 0 Å². The zero-order valence-electron chi connectivity index (χ0n) is 17.9. The van der Waals surface area contributed by atoms with Crippen LogP contribution in [0.25, 0.3) is 22.1 Å². The molecule has 0 unspecified atom stereocenters. The molecule has 1 aromatic heterocycles. The SMILES string of the molecule is Cc1c(OCc2ccc(C(C)(C)C)cc2)ccc2c(-c3ccccc3)cc(=O)oc12. The molecule has 1 heterocycles. The van der Waals surface area contributed by atoms with Crippen molar-refractivity contribution in [2.75, 3.05) is 0 Å². The van der Waals surface area contributed by atoms with E-state index in [1.807, 2.05) is 49.4 Å². The molecule has 0 fully saturated rings. The Morgan fingerprint density at radius 1 is 0.900 bits per heavy atom. The molecule has 3 aromatic carbocycles. The fraction of sp³-hybridized carbons (Fsp3) is 0.222.